The molecule has 0 radical (unpaired) electrons. The molecule has 0 spiro atoms. The standard InChI is InChI=1S/C19H19NO3/c21-19(20-9-8-14-4-1-2-5-16(14)13-20)15-6-7-17-18(12-15)23-11-3-10-22-17/h1-2,4-7,12H,3,8-11,13H2. The number of carbonyl (C=O) groups excluding carboxylic acids is 1. The molecule has 2 aromatic rings. The maximum atomic E-state index is 12.8. The van der Waals surface area contributed by atoms with Gasteiger partial charge in [0.15, 0.2) is 11.5 Å². The van der Waals surface area contributed by atoms with Crippen LogP contribution < -0.4 is 9.47 Å². The topological polar surface area (TPSA) is 38.8 Å². The maximum Gasteiger partial charge on any atom is 0.254 e. The Balaban J connectivity index is 1.57. The Labute approximate surface area is 135 Å². The Hall–Kier alpha value is -2.49. The van der Waals surface area contributed by atoms with Gasteiger partial charge in [-0.15, -0.1) is 0 Å². The summed E-state index contributed by atoms with van der Waals surface area (Å²) in [5.74, 6) is 1.45. The van der Waals surface area contributed by atoms with Gasteiger partial charge >= 0.3 is 0 Å². The molecular formula is C19H19NO3. The zero-order valence-corrected chi connectivity index (χ0v) is 13.0. The number of fused-ring (bicyclic) bond motifs is 2. The number of benzene rings is 2. The lowest BCUT2D eigenvalue weighted by atomic mass is 9.99. The van der Waals surface area contributed by atoms with Crippen LogP contribution in [0.5, 0.6) is 11.5 Å². The highest BCUT2D eigenvalue weighted by Gasteiger charge is 2.23. The quantitative estimate of drug-likeness (QED) is 0.813. The van der Waals surface area contributed by atoms with E-state index in [1.807, 2.05) is 29.2 Å². The Bertz CT molecular complexity index is 741. The molecule has 4 nitrogen and oxygen atoms in total. The normalized spacial score (nSPS) is 16.4. The van der Waals surface area contributed by atoms with Gasteiger partial charge in [-0.3, -0.25) is 4.79 Å². The minimum absolute atomic E-state index is 0.0511. The maximum absolute atomic E-state index is 12.8. The van der Waals surface area contributed by atoms with Gasteiger partial charge in [-0.05, 0) is 35.7 Å². The number of hydrogen-bond donors (Lipinski definition) is 0. The van der Waals surface area contributed by atoms with E-state index in [1.54, 1.807) is 0 Å². The largest absolute Gasteiger partial charge is 0.490 e. The molecule has 2 heterocycles. The van der Waals surface area contributed by atoms with Gasteiger partial charge in [0.05, 0.1) is 13.2 Å². The van der Waals surface area contributed by atoms with E-state index in [0.29, 0.717) is 31.1 Å². The van der Waals surface area contributed by atoms with Crippen LogP contribution in [0.1, 0.15) is 27.9 Å². The molecule has 118 valence electrons. The van der Waals surface area contributed by atoms with Crippen molar-refractivity contribution in [2.75, 3.05) is 19.8 Å². The van der Waals surface area contributed by atoms with Gasteiger partial charge < -0.3 is 14.4 Å². The lowest BCUT2D eigenvalue weighted by molar-refractivity contribution is 0.0734. The van der Waals surface area contributed by atoms with E-state index in [4.69, 9.17) is 9.47 Å². The fourth-order valence-corrected chi connectivity index (χ4v) is 3.15. The third-order valence-electron chi connectivity index (χ3n) is 4.41. The molecule has 0 saturated carbocycles. The first-order valence-corrected chi connectivity index (χ1v) is 8.07. The second-order valence-electron chi connectivity index (χ2n) is 5.96. The van der Waals surface area contributed by atoms with Crippen LogP contribution in [-0.4, -0.2) is 30.6 Å². The van der Waals surface area contributed by atoms with Crippen molar-refractivity contribution < 1.29 is 14.3 Å². The highest BCUT2D eigenvalue weighted by atomic mass is 16.5. The van der Waals surface area contributed by atoms with Gasteiger partial charge in [-0.25, -0.2) is 0 Å². The third kappa shape index (κ3) is 2.77. The molecule has 0 fully saturated rings. The van der Waals surface area contributed by atoms with E-state index < -0.39 is 0 Å². The molecule has 0 bridgehead atoms. The van der Waals surface area contributed by atoms with Gasteiger partial charge in [0.1, 0.15) is 0 Å². The van der Waals surface area contributed by atoms with E-state index in [1.165, 1.54) is 11.1 Å². The second-order valence-corrected chi connectivity index (χ2v) is 5.96. The molecule has 0 atom stereocenters. The molecule has 0 unspecified atom stereocenters. The highest BCUT2D eigenvalue weighted by molar-refractivity contribution is 5.95. The summed E-state index contributed by atoms with van der Waals surface area (Å²) in [5.41, 5.74) is 3.24. The summed E-state index contributed by atoms with van der Waals surface area (Å²) in [4.78, 5) is 14.7. The van der Waals surface area contributed by atoms with Crippen LogP contribution in [-0.2, 0) is 13.0 Å². The number of carbonyl (C=O) groups is 1. The van der Waals surface area contributed by atoms with Crippen LogP contribution in [0.15, 0.2) is 42.5 Å². The SMILES string of the molecule is O=C(c1ccc2c(c1)OCCCO2)N1CCc2ccccc2C1. The van der Waals surface area contributed by atoms with E-state index in [-0.39, 0.29) is 5.91 Å². The van der Waals surface area contributed by atoms with Gasteiger partial charge in [0.25, 0.3) is 5.91 Å². The van der Waals surface area contributed by atoms with Crippen molar-refractivity contribution in [3.63, 3.8) is 0 Å². The molecule has 1 amide bonds. The summed E-state index contributed by atoms with van der Waals surface area (Å²) in [5, 5.41) is 0. The summed E-state index contributed by atoms with van der Waals surface area (Å²) >= 11 is 0. The molecule has 0 saturated heterocycles. The van der Waals surface area contributed by atoms with Crippen molar-refractivity contribution >= 4 is 5.91 Å². The predicted molar refractivity (Wildman–Crippen MR) is 86.9 cm³/mol. The zero-order chi connectivity index (χ0) is 15.6. The summed E-state index contributed by atoms with van der Waals surface area (Å²) in [6.45, 7) is 2.71. The molecule has 23 heavy (non-hydrogen) atoms. The average Bonchev–Trinajstić information content (AvgIpc) is 2.85. The van der Waals surface area contributed by atoms with Crippen molar-refractivity contribution in [3.8, 4) is 11.5 Å². The predicted octanol–water partition coefficient (Wildman–Crippen LogP) is 3.05. The van der Waals surface area contributed by atoms with Gasteiger partial charge in [-0.1, -0.05) is 24.3 Å². The molecule has 4 rings (SSSR count). The number of ether oxygens (including phenoxy) is 2. The third-order valence-corrected chi connectivity index (χ3v) is 4.41. The van der Waals surface area contributed by atoms with Crippen LogP contribution >= 0.6 is 0 Å². The van der Waals surface area contributed by atoms with Crippen LogP contribution in [0.3, 0.4) is 0 Å². The lowest BCUT2D eigenvalue weighted by Crippen LogP contribution is -2.35. The second kappa shape index (κ2) is 5.95. The van der Waals surface area contributed by atoms with Crippen LogP contribution in [0, 0.1) is 0 Å². The minimum Gasteiger partial charge on any atom is -0.490 e. The lowest BCUT2D eigenvalue weighted by Gasteiger charge is -2.29. The first-order valence-electron chi connectivity index (χ1n) is 8.07. The Morgan fingerprint density at radius 2 is 1.74 bits per heavy atom. The first kappa shape index (κ1) is 14.1. The van der Waals surface area contributed by atoms with E-state index >= 15 is 0 Å². The zero-order valence-electron chi connectivity index (χ0n) is 13.0. The molecule has 4 heteroatoms. The first-order chi connectivity index (χ1) is 11.3. The van der Waals surface area contributed by atoms with E-state index in [2.05, 4.69) is 18.2 Å². The number of amides is 1. The summed E-state index contributed by atoms with van der Waals surface area (Å²) < 4.78 is 11.3. The Kier molecular flexibility index (Phi) is 3.66. The summed E-state index contributed by atoms with van der Waals surface area (Å²) in [6.07, 6.45) is 1.77. The Morgan fingerprint density at radius 1 is 0.957 bits per heavy atom. The van der Waals surface area contributed by atoms with Crippen molar-refractivity contribution in [1.82, 2.24) is 4.90 Å². The fraction of sp³-hybridized carbons (Fsp3) is 0.316. The molecular weight excluding hydrogens is 290 g/mol. The number of rotatable bonds is 1. The van der Waals surface area contributed by atoms with Gasteiger partial charge in [0.2, 0.25) is 0 Å². The monoisotopic (exact) mass is 309 g/mol. The number of hydrogen-bond acceptors (Lipinski definition) is 3. The van der Waals surface area contributed by atoms with Crippen molar-refractivity contribution in [2.24, 2.45) is 0 Å². The van der Waals surface area contributed by atoms with E-state index in [9.17, 15) is 4.79 Å². The van der Waals surface area contributed by atoms with Crippen LogP contribution in [0.4, 0.5) is 0 Å². The Morgan fingerprint density at radius 3 is 2.61 bits per heavy atom. The highest BCUT2D eigenvalue weighted by Crippen LogP contribution is 2.31. The van der Waals surface area contributed by atoms with Crippen molar-refractivity contribution in [2.45, 2.75) is 19.4 Å². The molecule has 0 aromatic heterocycles. The van der Waals surface area contributed by atoms with E-state index in [0.717, 1.165) is 25.1 Å². The van der Waals surface area contributed by atoms with Crippen molar-refractivity contribution in [1.29, 1.82) is 0 Å². The van der Waals surface area contributed by atoms with Crippen LogP contribution in [0.2, 0.25) is 0 Å². The van der Waals surface area contributed by atoms with Gasteiger partial charge in [-0.2, -0.15) is 0 Å². The summed E-state index contributed by atoms with van der Waals surface area (Å²) in [7, 11) is 0. The molecule has 0 aliphatic carbocycles. The molecule has 2 aliphatic rings. The molecule has 2 aliphatic heterocycles. The van der Waals surface area contributed by atoms with Crippen molar-refractivity contribution in [3.05, 3.63) is 59.2 Å². The molecule has 0 N–H and O–H groups in total. The fourth-order valence-electron chi connectivity index (χ4n) is 3.15. The van der Waals surface area contributed by atoms with Gasteiger partial charge in [0, 0.05) is 25.1 Å². The molecule has 2 aromatic carbocycles. The number of nitrogens with zero attached hydrogens (tertiary/aromatic N) is 1. The average molecular weight is 309 g/mol. The smallest absolute Gasteiger partial charge is 0.254 e. The summed E-state index contributed by atoms with van der Waals surface area (Å²) in [6, 6.07) is 13.8. The van der Waals surface area contributed by atoms with Crippen LogP contribution in [0.25, 0.3) is 0 Å². The minimum atomic E-state index is 0.0511.